The molecule has 7 heteroatoms. The summed E-state index contributed by atoms with van der Waals surface area (Å²) in [6.07, 6.45) is 2.64. The number of hydrazone groups is 1. The molecule has 0 spiro atoms. The second kappa shape index (κ2) is 7.48. The van der Waals surface area contributed by atoms with Gasteiger partial charge in [0.25, 0.3) is 0 Å². The molecule has 1 aliphatic rings. The summed E-state index contributed by atoms with van der Waals surface area (Å²) < 4.78 is 1.75. The minimum Gasteiger partial charge on any atom is -0.338 e. The number of amides is 2. The molecule has 7 nitrogen and oxygen atoms in total. The second-order valence-corrected chi connectivity index (χ2v) is 6.54. The third-order valence-corrected chi connectivity index (χ3v) is 4.61. The molecule has 0 saturated carbocycles. The van der Waals surface area contributed by atoms with Crippen LogP contribution < -0.4 is 16.2 Å². The maximum absolute atomic E-state index is 12.5. The number of nitrogens with one attached hydrogen (secondary N) is 2. The Hall–Kier alpha value is -3.74. The average molecular weight is 374 g/mol. The molecular weight excluding hydrogens is 356 g/mol. The maximum atomic E-state index is 12.5. The number of rotatable bonds is 4. The van der Waals surface area contributed by atoms with Crippen LogP contribution in [0.1, 0.15) is 18.4 Å². The first-order chi connectivity index (χ1) is 13.6. The van der Waals surface area contributed by atoms with Gasteiger partial charge < -0.3 is 9.88 Å². The van der Waals surface area contributed by atoms with E-state index in [4.69, 9.17) is 0 Å². The molecule has 0 unspecified atom stereocenters. The van der Waals surface area contributed by atoms with E-state index in [1.165, 1.54) is 6.07 Å². The van der Waals surface area contributed by atoms with Gasteiger partial charge in [0.2, 0.25) is 11.8 Å². The van der Waals surface area contributed by atoms with Crippen molar-refractivity contribution in [1.29, 1.82) is 0 Å². The number of benzene rings is 2. The number of carbonyl (C=O) groups is 2. The van der Waals surface area contributed by atoms with Crippen LogP contribution in [-0.2, 0) is 16.1 Å². The van der Waals surface area contributed by atoms with Crippen molar-refractivity contribution in [3.05, 3.63) is 76.6 Å². The van der Waals surface area contributed by atoms with Crippen molar-refractivity contribution in [3.63, 3.8) is 0 Å². The van der Waals surface area contributed by atoms with E-state index < -0.39 is 0 Å². The minimum atomic E-state index is -0.191. The van der Waals surface area contributed by atoms with Gasteiger partial charge in [0.1, 0.15) is 6.54 Å². The van der Waals surface area contributed by atoms with Crippen LogP contribution in [0.15, 0.2) is 70.7 Å². The summed E-state index contributed by atoms with van der Waals surface area (Å²) in [7, 11) is 0. The molecule has 2 amide bonds. The first-order valence-electron chi connectivity index (χ1n) is 8.94. The van der Waals surface area contributed by atoms with Crippen molar-refractivity contribution in [2.75, 3.05) is 5.32 Å². The van der Waals surface area contributed by atoms with Crippen molar-refractivity contribution in [3.8, 4) is 0 Å². The van der Waals surface area contributed by atoms with Crippen LogP contribution in [0.2, 0.25) is 0 Å². The van der Waals surface area contributed by atoms with Gasteiger partial charge in [-0.05, 0) is 29.8 Å². The van der Waals surface area contributed by atoms with E-state index >= 15 is 0 Å². The van der Waals surface area contributed by atoms with Gasteiger partial charge in [0.15, 0.2) is 5.43 Å². The molecule has 0 bridgehead atoms. The van der Waals surface area contributed by atoms with Gasteiger partial charge >= 0.3 is 0 Å². The Bertz CT molecular complexity index is 1150. The standard InChI is InChI=1S/C21H18N4O3/c26-19-11-12-25(18-4-2-1-3-16(18)19)13-21(28)22-15-7-5-14(6-8-15)17-9-10-20(27)24-23-17/h1-8,11-12H,9-10,13H2,(H,22,28)(H,24,27). The van der Waals surface area contributed by atoms with Crippen LogP contribution in [0.4, 0.5) is 5.69 Å². The molecule has 2 heterocycles. The minimum absolute atomic E-state index is 0.0651. The Morgan fingerprint density at radius 3 is 2.57 bits per heavy atom. The van der Waals surface area contributed by atoms with E-state index in [1.807, 2.05) is 24.3 Å². The van der Waals surface area contributed by atoms with E-state index in [0.717, 1.165) is 16.8 Å². The zero-order valence-corrected chi connectivity index (χ0v) is 15.0. The van der Waals surface area contributed by atoms with Gasteiger partial charge in [-0.25, -0.2) is 5.43 Å². The molecule has 0 radical (unpaired) electrons. The zero-order valence-electron chi connectivity index (χ0n) is 15.0. The molecule has 0 aliphatic carbocycles. The molecule has 4 rings (SSSR count). The molecule has 28 heavy (non-hydrogen) atoms. The monoisotopic (exact) mass is 374 g/mol. The number of aromatic nitrogens is 1. The molecule has 1 aliphatic heterocycles. The Morgan fingerprint density at radius 1 is 1.04 bits per heavy atom. The number of hydrogen-bond donors (Lipinski definition) is 2. The van der Waals surface area contributed by atoms with Gasteiger partial charge in [-0.2, -0.15) is 5.10 Å². The number of anilines is 1. The lowest BCUT2D eigenvalue weighted by Gasteiger charge is -2.13. The Kier molecular flexibility index (Phi) is 4.72. The normalized spacial score (nSPS) is 13.7. The molecule has 0 saturated heterocycles. The molecule has 140 valence electrons. The number of carbonyl (C=O) groups excluding carboxylic acids is 2. The van der Waals surface area contributed by atoms with E-state index in [0.29, 0.717) is 23.9 Å². The number of nitrogens with zero attached hydrogens (tertiary/aromatic N) is 2. The van der Waals surface area contributed by atoms with Crippen LogP contribution in [0.3, 0.4) is 0 Å². The van der Waals surface area contributed by atoms with Gasteiger partial charge in [0, 0.05) is 36.2 Å². The molecule has 2 aromatic carbocycles. The van der Waals surface area contributed by atoms with E-state index in [2.05, 4.69) is 15.8 Å². The highest BCUT2D eigenvalue weighted by atomic mass is 16.2. The van der Waals surface area contributed by atoms with E-state index in [9.17, 15) is 14.4 Å². The molecule has 3 aromatic rings. The average Bonchev–Trinajstić information content (AvgIpc) is 2.72. The van der Waals surface area contributed by atoms with E-state index in [-0.39, 0.29) is 23.8 Å². The first kappa shape index (κ1) is 17.7. The van der Waals surface area contributed by atoms with E-state index in [1.54, 1.807) is 35.0 Å². The fraction of sp³-hybridized carbons (Fsp3) is 0.143. The summed E-state index contributed by atoms with van der Waals surface area (Å²) in [4.78, 5) is 35.6. The SMILES string of the molecule is O=C1CCC(c2ccc(NC(=O)Cn3ccc(=O)c4ccccc43)cc2)=NN1. The summed E-state index contributed by atoms with van der Waals surface area (Å²) in [6, 6.07) is 16.0. The largest absolute Gasteiger partial charge is 0.338 e. The lowest BCUT2D eigenvalue weighted by Crippen LogP contribution is -2.25. The summed E-state index contributed by atoms with van der Waals surface area (Å²) >= 11 is 0. The fourth-order valence-corrected chi connectivity index (χ4v) is 3.18. The highest BCUT2D eigenvalue weighted by molar-refractivity contribution is 6.04. The van der Waals surface area contributed by atoms with Gasteiger partial charge in [-0.15, -0.1) is 0 Å². The first-order valence-corrected chi connectivity index (χ1v) is 8.94. The number of hydrogen-bond acceptors (Lipinski definition) is 4. The van der Waals surface area contributed by atoms with Crippen molar-refractivity contribution in [1.82, 2.24) is 9.99 Å². The van der Waals surface area contributed by atoms with Gasteiger partial charge in [0.05, 0.1) is 11.2 Å². The Labute approximate surface area is 160 Å². The van der Waals surface area contributed by atoms with Crippen LogP contribution >= 0.6 is 0 Å². The summed E-state index contributed by atoms with van der Waals surface area (Å²) in [5.74, 6) is -0.272. The summed E-state index contributed by atoms with van der Waals surface area (Å²) in [5, 5.41) is 7.51. The number of fused-ring (bicyclic) bond motifs is 1. The molecule has 2 N–H and O–H groups in total. The maximum Gasteiger partial charge on any atom is 0.244 e. The lowest BCUT2D eigenvalue weighted by molar-refractivity contribution is -0.121. The van der Waals surface area contributed by atoms with Crippen molar-refractivity contribution in [2.24, 2.45) is 5.10 Å². The smallest absolute Gasteiger partial charge is 0.244 e. The number of pyridine rings is 1. The van der Waals surface area contributed by atoms with Gasteiger partial charge in [-0.1, -0.05) is 24.3 Å². The summed E-state index contributed by atoms with van der Waals surface area (Å²) in [5.41, 5.74) is 5.52. The quantitative estimate of drug-likeness (QED) is 0.734. The van der Waals surface area contributed by atoms with Crippen LogP contribution in [-0.4, -0.2) is 22.1 Å². The predicted octanol–water partition coefficient (Wildman–Crippen LogP) is 2.25. The molecule has 0 atom stereocenters. The van der Waals surface area contributed by atoms with Crippen LogP contribution in [0.5, 0.6) is 0 Å². The molecule has 1 aromatic heterocycles. The molecular formula is C21H18N4O3. The third-order valence-electron chi connectivity index (χ3n) is 4.61. The van der Waals surface area contributed by atoms with Crippen LogP contribution in [0.25, 0.3) is 10.9 Å². The fourth-order valence-electron chi connectivity index (χ4n) is 3.18. The second-order valence-electron chi connectivity index (χ2n) is 6.54. The lowest BCUT2D eigenvalue weighted by atomic mass is 10.0. The number of para-hydroxylation sites is 1. The van der Waals surface area contributed by atoms with Crippen LogP contribution in [0, 0.1) is 0 Å². The van der Waals surface area contributed by atoms with Crippen molar-refractivity contribution >= 4 is 34.1 Å². The van der Waals surface area contributed by atoms with Crippen molar-refractivity contribution in [2.45, 2.75) is 19.4 Å². The highest BCUT2D eigenvalue weighted by Crippen LogP contribution is 2.15. The zero-order chi connectivity index (χ0) is 19.5. The highest BCUT2D eigenvalue weighted by Gasteiger charge is 2.13. The Balaban J connectivity index is 1.47. The van der Waals surface area contributed by atoms with Gasteiger partial charge in [-0.3, -0.25) is 14.4 Å². The third kappa shape index (κ3) is 3.68. The predicted molar refractivity (Wildman–Crippen MR) is 107 cm³/mol. The topological polar surface area (TPSA) is 92.6 Å². The molecule has 0 fully saturated rings. The Morgan fingerprint density at radius 2 is 1.82 bits per heavy atom. The van der Waals surface area contributed by atoms with Crippen molar-refractivity contribution < 1.29 is 9.59 Å². The summed E-state index contributed by atoms with van der Waals surface area (Å²) in [6.45, 7) is 0.0985.